The Kier molecular flexibility index (Phi) is 9.73. The molecule has 0 bridgehead atoms. The predicted octanol–water partition coefficient (Wildman–Crippen LogP) is 2.31. The molecular weight excluding hydrogens is 194 g/mol. The molecule has 0 spiro atoms. The van der Waals surface area contributed by atoms with E-state index in [0.717, 1.165) is 30.9 Å². The molecule has 0 aromatic heterocycles. The van der Waals surface area contributed by atoms with E-state index in [1.54, 1.807) is 0 Å². The highest BCUT2D eigenvalue weighted by molar-refractivity contribution is 7.85. The minimum absolute atomic E-state index is 0.447. The van der Waals surface area contributed by atoms with Crippen molar-refractivity contribution < 1.29 is 4.21 Å². The number of nitrogens with one attached hydrogen (secondary N) is 1. The molecule has 0 rings (SSSR count). The molecule has 2 nitrogen and oxygen atoms in total. The molecule has 1 N–H and O–H groups in total. The van der Waals surface area contributed by atoms with Crippen molar-refractivity contribution in [2.24, 2.45) is 0 Å². The van der Waals surface area contributed by atoms with E-state index in [0.29, 0.717) is 6.04 Å². The second kappa shape index (κ2) is 9.66. The highest BCUT2D eigenvalue weighted by Gasteiger charge is 2.08. The van der Waals surface area contributed by atoms with E-state index < -0.39 is 10.8 Å². The van der Waals surface area contributed by atoms with Gasteiger partial charge in [-0.1, -0.05) is 33.6 Å². The van der Waals surface area contributed by atoms with Gasteiger partial charge in [-0.25, -0.2) is 0 Å². The zero-order chi connectivity index (χ0) is 10.8. The molecule has 14 heavy (non-hydrogen) atoms. The summed E-state index contributed by atoms with van der Waals surface area (Å²) in [4.78, 5) is 0. The second-order valence-corrected chi connectivity index (χ2v) is 5.30. The Balaban J connectivity index is 3.56. The summed E-state index contributed by atoms with van der Waals surface area (Å²) in [7, 11) is -0.615. The van der Waals surface area contributed by atoms with Crippen molar-refractivity contribution in [1.82, 2.24) is 5.32 Å². The van der Waals surface area contributed by atoms with Gasteiger partial charge in [0.05, 0.1) is 0 Å². The molecule has 0 aromatic carbocycles. The van der Waals surface area contributed by atoms with Crippen LogP contribution in [0.1, 0.15) is 46.5 Å². The van der Waals surface area contributed by atoms with Crippen molar-refractivity contribution in [3.63, 3.8) is 0 Å². The van der Waals surface area contributed by atoms with Gasteiger partial charge in [-0.3, -0.25) is 4.21 Å². The summed E-state index contributed by atoms with van der Waals surface area (Å²) in [5.41, 5.74) is 0. The van der Waals surface area contributed by atoms with E-state index in [4.69, 9.17) is 0 Å². The van der Waals surface area contributed by atoms with Crippen LogP contribution in [0.5, 0.6) is 0 Å². The minimum atomic E-state index is -0.615. The molecule has 0 saturated heterocycles. The molecule has 0 aliphatic heterocycles. The average molecular weight is 219 g/mol. The highest BCUT2D eigenvalue weighted by Crippen LogP contribution is 2.00. The zero-order valence-electron chi connectivity index (χ0n) is 9.84. The van der Waals surface area contributed by atoms with Gasteiger partial charge < -0.3 is 5.32 Å². The third kappa shape index (κ3) is 7.51. The monoisotopic (exact) mass is 219 g/mol. The summed E-state index contributed by atoms with van der Waals surface area (Å²) in [5.74, 6) is 1.71. The largest absolute Gasteiger partial charge is 0.313 e. The molecule has 0 saturated carbocycles. The molecule has 0 aliphatic rings. The minimum Gasteiger partial charge on any atom is -0.313 e. The summed E-state index contributed by atoms with van der Waals surface area (Å²) in [6, 6.07) is 0.447. The van der Waals surface area contributed by atoms with Crippen LogP contribution in [0.25, 0.3) is 0 Å². The highest BCUT2D eigenvalue weighted by atomic mass is 32.2. The van der Waals surface area contributed by atoms with Gasteiger partial charge in [0.1, 0.15) is 0 Å². The van der Waals surface area contributed by atoms with Gasteiger partial charge in [0.15, 0.2) is 0 Å². The number of hydrogen-bond acceptors (Lipinski definition) is 2. The van der Waals surface area contributed by atoms with Gasteiger partial charge in [0, 0.05) is 28.3 Å². The summed E-state index contributed by atoms with van der Waals surface area (Å²) < 4.78 is 11.6. The molecule has 86 valence electrons. The maximum absolute atomic E-state index is 11.6. The molecule has 0 aromatic rings. The van der Waals surface area contributed by atoms with Gasteiger partial charge in [0.25, 0.3) is 0 Å². The van der Waals surface area contributed by atoms with E-state index in [1.165, 1.54) is 12.8 Å². The fraction of sp³-hybridized carbons (Fsp3) is 1.00. The van der Waals surface area contributed by atoms with Crippen molar-refractivity contribution in [1.29, 1.82) is 0 Å². The van der Waals surface area contributed by atoms with Gasteiger partial charge in [-0.05, 0) is 19.4 Å². The van der Waals surface area contributed by atoms with E-state index in [9.17, 15) is 4.21 Å². The molecule has 0 amide bonds. The fourth-order valence-electron chi connectivity index (χ4n) is 1.43. The molecule has 2 unspecified atom stereocenters. The normalized spacial score (nSPS) is 15.4. The molecule has 0 aliphatic carbocycles. The quantitative estimate of drug-likeness (QED) is 0.603. The van der Waals surface area contributed by atoms with Crippen molar-refractivity contribution in [2.75, 3.05) is 18.1 Å². The van der Waals surface area contributed by atoms with Crippen molar-refractivity contribution in [3.8, 4) is 0 Å². The van der Waals surface area contributed by atoms with E-state index >= 15 is 0 Å². The van der Waals surface area contributed by atoms with Gasteiger partial charge in [0.2, 0.25) is 0 Å². The lowest BCUT2D eigenvalue weighted by molar-refractivity contribution is 0.552. The maximum Gasteiger partial charge on any atom is 0.0388 e. The van der Waals surface area contributed by atoms with Crippen LogP contribution in [-0.2, 0) is 10.8 Å². The van der Waals surface area contributed by atoms with Crippen LogP contribution in [0.3, 0.4) is 0 Å². The number of hydrogen-bond donors (Lipinski definition) is 1. The Bertz CT molecular complexity index is 150. The van der Waals surface area contributed by atoms with Crippen molar-refractivity contribution >= 4 is 10.8 Å². The molecule has 0 radical (unpaired) electrons. The first-order chi connectivity index (χ1) is 6.74. The number of unbranched alkanes of at least 4 members (excludes halogenated alkanes) is 2. The van der Waals surface area contributed by atoms with E-state index in [1.807, 2.05) is 0 Å². The van der Waals surface area contributed by atoms with Gasteiger partial charge in [-0.2, -0.15) is 0 Å². The van der Waals surface area contributed by atoms with E-state index in [2.05, 4.69) is 26.1 Å². The third-order valence-corrected chi connectivity index (χ3v) is 3.87. The van der Waals surface area contributed by atoms with Crippen LogP contribution < -0.4 is 5.32 Å². The summed E-state index contributed by atoms with van der Waals surface area (Å²) in [6.45, 7) is 7.40. The first kappa shape index (κ1) is 14.1. The predicted molar refractivity (Wildman–Crippen MR) is 65.2 cm³/mol. The van der Waals surface area contributed by atoms with Gasteiger partial charge >= 0.3 is 0 Å². The van der Waals surface area contributed by atoms with Crippen LogP contribution in [0.15, 0.2) is 0 Å². The maximum atomic E-state index is 11.6. The average Bonchev–Trinajstić information content (AvgIpc) is 2.17. The molecule has 3 heteroatoms. The second-order valence-electron chi connectivity index (χ2n) is 3.68. The summed E-state index contributed by atoms with van der Waals surface area (Å²) >= 11 is 0. The van der Waals surface area contributed by atoms with Crippen LogP contribution >= 0.6 is 0 Å². The Labute approximate surface area is 91.3 Å². The van der Waals surface area contributed by atoms with E-state index in [-0.39, 0.29) is 0 Å². The first-order valence-corrected chi connectivity index (χ1v) is 7.31. The van der Waals surface area contributed by atoms with Crippen LogP contribution in [0.4, 0.5) is 0 Å². The Morgan fingerprint density at radius 3 is 2.43 bits per heavy atom. The smallest absolute Gasteiger partial charge is 0.0388 e. The molecular formula is C11H25NOS. The standard InChI is InChI=1S/C11H25NOS/c1-4-7-8-9-14(13)10-11(5-2)12-6-3/h11-12H,4-10H2,1-3H3. The van der Waals surface area contributed by atoms with Crippen molar-refractivity contribution in [2.45, 2.75) is 52.5 Å². The molecule has 0 fully saturated rings. The van der Waals surface area contributed by atoms with Gasteiger partial charge in [-0.15, -0.1) is 0 Å². The SMILES string of the molecule is CCCCCS(=O)CC(CC)NCC. The topological polar surface area (TPSA) is 29.1 Å². The molecule has 0 heterocycles. The fourth-order valence-corrected chi connectivity index (χ4v) is 2.93. The van der Waals surface area contributed by atoms with Crippen LogP contribution in [0.2, 0.25) is 0 Å². The molecule has 2 atom stereocenters. The lowest BCUT2D eigenvalue weighted by Crippen LogP contribution is -2.33. The van der Waals surface area contributed by atoms with Crippen molar-refractivity contribution in [3.05, 3.63) is 0 Å². The zero-order valence-corrected chi connectivity index (χ0v) is 10.7. The van der Waals surface area contributed by atoms with Crippen LogP contribution in [0, 0.1) is 0 Å². The lowest BCUT2D eigenvalue weighted by Gasteiger charge is -2.14. The van der Waals surface area contributed by atoms with Crippen LogP contribution in [-0.4, -0.2) is 28.3 Å². The summed E-state index contributed by atoms with van der Waals surface area (Å²) in [6.07, 6.45) is 4.62. The Morgan fingerprint density at radius 1 is 1.21 bits per heavy atom. The third-order valence-electron chi connectivity index (χ3n) is 2.35. The summed E-state index contributed by atoms with van der Waals surface area (Å²) in [5, 5.41) is 3.36. The lowest BCUT2D eigenvalue weighted by atomic mass is 10.2. The number of rotatable bonds is 9. The Morgan fingerprint density at radius 2 is 1.93 bits per heavy atom. The first-order valence-electron chi connectivity index (χ1n) is 5.82. The Hall–Kier alpha value is 0.110.